The Labute approximate surface area is 118 Å². The number of benzene rings is 2. The largest absolute Gasteiger partial charge is 0.399 e. The second kappa shape index (κ2) is 5.16. The molecule has 18 heavy (non-hydrogen) atoms. The van der Waals surface area contributed by atoms with Crippen molar-refractivity contribution in [3.8, 4) is 0 Å². The van der Waals surface area contributed by atoms with Gasteiger partial charge in [-0.15, -0.1) is 0 Å². The lowest BCUT2D eigenvalue weighted by Crippen LogP contribution is -1.96. The molecule has 0 aliphatic rings. The van der Waals surface area contributed by atoms with Crippen LogP contribution in [0.1, 0.15) is 5.56 Å². The minimum atomic E-state index is -0.383. The number of nitrogens with one attached hydrogen (secondary N) is 1. The van der Waals surface area contributed by atoms with Crippen LogP contribution in [0.3, 0.4) is 0 Å². The molecule has 5 heteroatoms. The molecule has 0 fully saturated rings. The van der Waals surface area contributed by atoms with Crippen LogP contribution in [-0.2, 0) is 0 Å². The van der Waals surface area contributed by atoms with Crippen LogP contribution in [0.2, 0.25) is 5.02 Å². The third-order valence-electron chi connectivity index (χ3n) is 2.55. The average molecular weight is 330 g/mol. The van der Waals surface area contributed by atoms with Gasteiger partial charge in [0.15, 0.2) is 0 Å². The Balaban J connectivity index is 2.37. The van der Waals surface area contributed by atoms with E-state index in [0.29, 0.717) is 15.2 Å². The first-order valence-corrected chi connectivity index (χ1v) is 6.42. The van der Waals surface area contributed by atoms with Gasteiger partial charge in [-0.2, -0.15) is 0 Å². The normalized spacial score (nSPS) is 10.4. The van der Waals surface area contributed by atoms with Gasteiger partial charge in [-0.3, -0.25) is 0 Å². The van der Waals surface area contributed by atoms with Crippen LogP contribution >= 0.6 is 27.5 Å². The lowest BCUT2D eigenvalue weighted by Gasteiger charge is -2.12. The molecule has 0 unspecified atom stereocenters. The highest BCUT2D eigenvalue weighted by molar-refractivity contribution is 9.10. The van der Waals surface area contributed by atoms with Gasteiger partial charge in [0.25, 0.3) is 0 Å². The maximum atomic E-state index is 13.1. The Bertz CT molecular complexity index is 579. The minimum Gasteiger partial charge on any atom is -0.399 e. The molecule has 0 radical (unpaired) electrons. The maximum Gasteiger partial charge on any atom is 0.125 e. The summed E-state index contributed by atoms with van der Waals surface area (Å²) in [6, 6.07) is 8.18. The lowest BCUT2D eigenvalue weighted by molar-refractivity contribution is 0.627. The van der Waals surface area contributed by atoms with Gasteiger partial charge in [-0.1, -0.05) is 11.6 Å². The molecule has 0 amide bonds. The van der Waals surface area contributed by atoms with Gasteiger partial charge in [0.1, 0.15) is 5.82 Å². The van der Waals surface area contributed by atoms with Crippen LogP contribution in [0.5, 0.6) is 0 Å². The molecule has 0 aliphatic heterocycles. The van der Waals surface area contributed by atoms with Gasteiger partial charge < -0.3 is 11.1 Å². The van der Waals surface area contributed by atoms with E-state index < -0.39 is 0 Å². The molecule has 0 saturated heterocycles. The molecule has 0 atom stereocenters. The highest BCUT2D eigenvalue weighted by Crippen LogP contribution is 2.34. The molecule has 0 spiro atoms. The van der Waals surface area contributed by atoms with Crippen LogP contribution in [0.15, 0.2) is 34.8 Å². The van der Waals surface area contributed by atoms with E-state index in [9.17, 15) is 4.39 Å². The van der Waals surface area contributed by atoms with E-state index in [4.69, 9.17) is 17.3 Å². The summed E-state index contributed by atoms with van der Waals surface area (Å²) in [6.45, 7) is 1.92. The Hall–Kier alpha value is -1.26. The Kier molecular flexibility index (Phi) is 3.78. The number of halogens is 3. The van der Waals surface area contributed by atoms with Gasteiger partial charge in [-0.25, -0.2) is 4.39 Å². The van der Waals surface area contributed by atoms with Crippen molar-refractivity contribution in [1.82, 2.24) is 0 Å². The minimum absolute atomic E-state index is 0.316. The zero-order valence-electron chi connectivity index (χ0n) is 9.60. The summed E-state index contributed by atoms with van der Waals surface area (Å²) in [5.74, 6) is -0.383. The van der Waals surface area contributed by atoms with Crippen molar-refractivity contribution in [3.63, 3.8) is 0 Å². The Morgan fingerprint density at radius 1 is 1.28 bits per heavy atom. The van der Waals surface area contributed by atoms with Gasteiger partial charge in [-0.05, 0) is 58.7 Å². The fraction of sp³-hybridized carbons (Fsp3) is 0.0769. The van der Waals surface area contributed by atoms with Crippen molar-refractivity contribution in [2.24, 2.45) is 0 Å². The van der Waals surface area contributed by atoms with E-state index in [2.05, 4.69) is 21.2 Å². The van der Waals surface area contributed by atoms with E-state index >= 15 is 0 Å². The van der Waals surface area contributed by atoms with Crippen LogP contribution < -0.4 is 11.1 Å². The van der Waals surface area contributed by atoms with Crippen LogP contribution in [0, 0.1) is 12.7 Å². The quantitative estimate of drug-likeness (QED) is 0.771. The summed E-state index contributed by atoms with van der Waals surface area (Å²) in [7, 11) is 0. The van der Waals surface area contributed by atoms with Crippen molar-refractivity contribution in [3.05, 3.63) is 51.2 Å². The first kappa shape index (κ1) is 13.2. The zero-order chi connectivity index (χ0) is 13.3. The standard InChI is InChI=1S/C13H11BrClFN2/c1-7-4-9(2-3-12(7)17)18-13-10(14)5-8(16)6-11(13)15/h2-6,18H,17H2,1H3. The summed E-state index contributed by atoms with van der Waals surface area (Å²) < 4.78 is 13.7. The highest BCUT2D eigenvalue weighted by Gasteiger charge is 2.08. The van der Waals surface area contributed by atoms with Gasteiger partial charge in [0, 0.05) is 15.8 Å². The van der Waals surface area contributed by atoms with E-state index in [-0.39, 0.29) is 5.82 Å². The van der Waals surface area contributed by atoms with Crippen LogP contribution in [0.4, 0.5) is 21.5 Å². The smallest absolute Gasteiger partial charge is 0.125 e. The lowest BCUT2D eigenvalue weighted by atomic mass is 10.2. The molecule has 0 aromatic heterocycles. The van der Waals surface area contributed by atoms with E-state index in [1.807, 2.05) is 25.1 Å². The number of hydrogen-bond acceptors (Lipinski definition) is 2. The summed E-state index contributed by atoms with van der Waals surface area (Å²) in [6.07, 6.45) is 0. The predicted molar refractivity (Wildman–Crippen MR) is 78.0 cm³/mol. The SMILES string of the molecule is Cc1cc(Nc2c(Cl)cc(F)cc2Br)ccc1N. The molecular weight excluding hydrogens is 319 g/mol. The van der Waals surface area contributed by atoms with E-state index in [0.717, 1.165) is 16.9 Å². The molecule has 2 nitrogen and oxygen atoms in total. The molecule has 3 N–H and O–H groups in total. The maximum absolute atomic E-state index is 13.1. The molecule has 0 saturated carbocycles. The average Bonchev–Trinajstić information content (AvgIpc) is 2.28. The van der Waals surface area contributed by atoms with Crippen molar-refractivity contribution >= 4 is 44.6 Å². The molecule has 0 bridgehead atoms. The summed E-state index contributed by atoms with van der Waals surface area (Å²) >= 11 is 9.28. The first-order chi connectivity index (χ1) is 8.47. The topological polar surface area (TPSA) is 38.0 Å². The van der Waals surface area contributed by atoms with Gasteiger partial charge >= 0.3 is 0 Å². The van der Waals surface area contributed by atoms with Gasteiger partial charge in [0.2, 0.25) is 0 Å². The summed E-state index contributed by atoms with van der Waals surface area (Å²) in [5.41, 5.74) is 8.91. The fourth-order valence-electron chi connectivity index (χ4n) is 1.56. The first-order valence-electron chi connectivity index (χ1n) is 5.25. The summed E-state index contributed by atoms with van der Waals surface area (Å²) in [4.78, 5) is 0. The Morgan fingerprint density at radius 3 is 2.61 bits per heavy atom. The zero-order valence-corrected chi connectivity index (χ0v) is 11.9. The van der Waals surface area contributed by atoms with E-state index in [1.165, 1.54) is 12.1 Å². The molecule has 2 aromatic carbocycles. The van der Waals surface area contributed by atoms with Crippen molar-refractivity contribution in [1.29, 1.82) is 0 Å². The number of aryl methyl sites for hydroxylation is 1. The monoisotopic (exact) mass is 328 g/mol. The number of hydrogen-bond donors (Lipinski definition) is 2. The summed E-state index contributed by atoms with van der Waals surface area (Å²) in [5, 5.41) is 3.45. The van der Waals surface area contributed by atoms with Crippen LogP contribution in [0.25, 0.3) is 0 Å². The predicted octanol–water partition coefficient (Wildman–Crippen LogP) is 4.88. The molecule has 94 valence electrons. The fourth-order valence-corrected chi connectivity index (χ4v) is 2.46. The molecule has 2 rings (SSSR count). The third kappa shape index (κ3) is 2.76. The van der Waals surface area contributed by atoms with E-state index in [1.54, 1.807) is 0 Å². The van der Waals surface area contributed by atoms with Crippen LogP contribution in [-0.4, -0.2) is 0 Å². The van der Waals surface area contributed by atoms with Crippen molar-refractivity contribution in [2.45, 2.75) is 6.92 Å². The number of nitrogens with two attached hydrogens (primary N) is 1. The number of rotatable bonds is 2. The highest BCUT2D eigenvalue weighted by atomic mass is 79.9. The molecule has 0 aliphatic carbocycles. The number of anilines is 3. The third-order valence-corrected chi connectivity index (χ3v) is 3.47. The van der Waals surface area contributed by atoms with Gasteiger partial charge in [0.05, 0.1) is 10.7 Å². The second-order valence-corrected chi connectivity index (χ2v) is 5.20. The van der Waals surface area contributed by atoms with Crippen molar-refractivity contribution < 1.29 is 4.39 Å². The van der Waals surface area contributed by atoms with Crippen molar-refractivity contribution in [2.75, 3.05) is 11.1 Å². The Morgan fingerprint density at radius 2 is 2.00 bits per heavy atom. The number of nitrogen functional groups attached to an aromatic ring is 1. The molecule has 2 aromatic rings. The second-order valence-electron chi connectivity index (χ2n) is 3.94. The molecule has 0 heterocycles. The molecular formula is C13H11BrClFN2.